The number of H-pyrrole nitrogens is 2. The molecule has 2 aromatic heterocycles. The number of amides is 2. The van der Waals surface area contributed by atoms with Gasteiger partial charge in [0.1, 0.15) is 23.9 Å². The van der Waals surface area contributed by atoms with Crippen LogP contribution in [0, 0.1) is 0 Å². The number of nitrogens with two attached hydrogens (primary N) is 2. The van der Waals surface area contributed by atoms with Gasteiger partial charge in [-0.15, -0.1) is 0 Å². The molecule has 0 radical (unpaired) electrons. The quantitative estimate of drug-likeness (QED) is 0.0492. The summed E-state index contributed by atoms with van der Waals surface area (Å²) in [6.07, 6.45) is 6.32. The Hall–Kier alpha value is -8.12. The lowest BCUT2D eigenvalue weighted by Gasteiger charge is -2.18. The van der Waals surface area contributed by atoms with Gasteiger partial charge >= 0.3 is 0 Å². The summed E-state index contributed by atoms with van der Waals surface area (Å²) in [6.45, 7) is 0.704. The summed E-state index contributed by atoms with van der Waals surface area (Å²) in [5, 5.41) is 5.95. The third kappa shape index (κ3) is 10.4. The summed E-state index contributed by atoms with van der Waals surface area (Å²) in [6, 6.07) is 45.8. The number of ether oxygens (including phenoxy) is 2. The molecule has 0 saturated carbocycles. The third-order valence-corrected chi connectivity index (χ3v) is 10.4. The fraction of sp³-hybridized carbons (Fsp3) is 0.120. The van der Waals surface area contributed by atoms with E-state index in [1.54, 1.807) is 30.7 Å². The Labute approximate surface area is 359 Å². The molecule has 8 aromatic rings. The van der Waals surface area contributed by atoms with E-state index in [1.165, 1.54) is 0 Å². The number of aromatic amines is 2. The number of rotatable bonds is 17. The van der Waals surface area contributed by atoms with Crippen molar-refractivity contribution in [2.24, 2.45) is 0 Å². The summed E-state index contributed by atoms with van der Waals surface area (Å²) < 4.78 is 12.9. The highest BCUT2D eigenvalue weighted by Crippen LogP contribution is 2.34. The number of para-hydroxylation sites is 3. The molecular formula is C50H46N8O4. The topological polar surface area (TPSA) is 186 Å². The van der Waals surface area contributed by atoms with Gasteiger partial charge in [0.15, 0.2) is 0 Å². The Morgan fingerprint density at radius 3 is 1.94 bits per heavy atom. The number of hydrogen-bond acceptors (Lipinski definition) is 8. The van der Waals surface area contributed by atoms with Crippen LogP contribution >= 0.6 is 0 Å². The zero-order valence-corrected chi connectivity index (χ0v) is 33.9. The van der Waals surface area contributed by atoms with Gasteiger partial charge in [0.25, 0.3) is 0 Å². The Balaban J connectivity index is 0.952. The molecule has 2 amide bonds. The van der Waals surface area contributed by atoms with Crippen molar-refractivity contribution in [3.8, 4) is 34.0 Å². The largest absolute Gasteiger partial charge is 0.493 e. The van der Waals surface area contributed by atoms with Gasteiger partial charge in [-0.05, 0) is 89.0 Å². The fourth-order valence-corrected chi connectivity index (χ4v) is 7.12. The second-order valence-electron chi connectivity index (χ2n) is 14.8. The van der Waals surface area contributed by atoms with Crippen LogP contribution < -0.4 is 31.6 Å². The van der Waals surface area contributed by atoms with E-state index in [-0.39, 0.29) is 37.2 Å². The molecule has 0 aliphatic carbocycles. The van der Waals surface area contributed by atoms with E-state index in [9.17, 15) is 9.59 Å². The summed E-state index contributed by atoms with van der Waals surface area (Å²) >= 11 is 0. The molecule has 0 fully saturated rings. The summed E-state index contributed by atoms with van der Waals surface area (Å²) in [5.74, 6) is 1.55. The smallest absolute Gasteiger partial charge is 0.228 e. The molecule has 62 heavy (non-hydrogen) atoms. The summed E-state index contributed by atoms with van der Waals surface area (Å²) in [5.41, 5.74) is 21.6. The molecule has 12 nitrogen and oxygen atoms in total. The van der Waals surface area contributed by atoms with Gasteiger partial charge in [-0.3, -0.25) is 9.59 Å². The predicted octanol–water partition coefficient (Wildman–Crippen LogP) is 8.83. The van der Waals surface area contributed by atoms with Crippen LogP contribution in [0.2, 0.25) is 0 Å². The predicted molar refractivity (Wildman–Crippen MR) is 244 cm³/mol. The van der Waals surface area contributed by atoms with Crippen molar-refractivity contribution >= 4 is 34.6 Å². The average molecular weight is 823 g/mol. The van der Waals surface area contributed by atoms with E-state index in [4.69, 9.17) is 25.9 Å². The van der Waals surface area contributed by atoms with Gasteiger partial charge in [0.05, 0.1) is 55.5 Å². The number of nitrogens with one attached hydrogen (secondary N) is 4. The number of carbonyl (C=O) groups excluding carboxylic acids is 2. The second-order valence-corrected chi connectivity index (χ2v) is 14.8. The van der Waals surface area contributed by atoms with Crippen molar-refractivity contribution in [2.75, 3.05) is 35.3 Å². The molecule has 0 spiro atoms. The third-order valence-electron chi connectivity index (χ3n) is 10.4. The van der Waals surface area contributed by atoms with Crippen LogP contribution in [0.4, 0.5) is 22.7 Å². The van der Waals surface area contributed by atoms with E-state index in [2.05, 4.69) is 25.6 Å². The van der Waals surface area contributed by atoms with Crippen molar-refractivity contribution in [1.29, 1.82) is 0 Å². The highest BCUT2D eigenvalue weighted by atomic mass is 16.5. The number of hydrogen-bond donors (Lipinski definition) is 6. The number of aromatic nitrogens is 4. The molecule has 0 bridgehead atoms. The van der Waals surface area contributed by atoms with Crippen LogP contribution in [-0.2, 0) is 28.9 Å². The molecule has 1 unspecified atom stereocenters. The van der Waals surface area contributed by atoms with Gasteiger partial charge in [-0.1, -0.05) is 78.9 Å². The van der Waals surface area contributed by atoms with Crippen LogP contribution in [0.1, 0.15) is 34.0 Å². The van der Waals surface area contributed by atoms with Gasteiger partial charge in [-0.2, -0.15) is 0 Å². The number of carbonyl (C=O) groups is 2. The Bertz CT molecular complexity index is 2730. The second kappa shape index (κ2) is 19.3. The molecule has 0 aliphatic heterocycles. The minimum absolute atomic E-state index is 0.126. The zero-order chi connectivity index (χ0) is 42.7. The molecule has 6 aromatic carbocycles. The molecule has 0 aliphatic rings. The van der Waals surface area contributed by atoms with Crippen LogP contribution in [-0.4, -0.2) is 45.0 Å². The maximum atomic E-state index is 12.9. The lowest BCUT2D eigenvalue weighted by Crippen LogP contribution is -2.16. The maximum absolute atomic E-state index is 12.9. The fourth-order valence-electron chi connectivity index (χ4n) is 7.12. The van der Waals surface area contributed by atoms with E-state index in [1.807, 2.05) is 134 Å². The van der Waals surface area contributed by atoms with Crippen molar-refractivity contribution in [3.05, 3.63) is 192 Å². The monoisotopic (exact) mass is 822 g/mol. The van der Waals surface area contributed by atoms with Gasteiger partial charge in [0.2, 0.25) is 11.8 Å². The Morgan fingerprint density at radius 1 is 0.629 bits per heavy atom. The first-order valence-corrected chi connectivity index (χ1v) is 20.3. The normalized spacial score (nSPS) is 11.4. The van der Waals surface area contributed by atoms with E-state index in [0.29, 0.717) is 53.1 Å². The number of nitrogen functional groups attached to an aromatic ring is 2. The van der Waals surface area contributed by atoms with Gasteiger partial charge in [-0.25, -0.2) is 9.97 Å². The molecule has 8 N–H and O–H groups in total. The average Bonchev–Trinajstić information content (AvgIpc) is 4.01. The maximum Gasteiger partial charge on any atom is 0.228 e. The molecular weight excluding hydrogens is 777 g/mol. The Kier molecular flexibility index (Phi) is 12.7. The number of anilines is 4. The number of nitrogens with zero attached hydrogens (tertiary/aromatic N) is 2. The molecule has 2 heterocycles. The van der Waals surface area contributed by atoms with Gasteiger partial charge in [0, 0.05) is 40.3 Å². The summed E-state index contributed by atoms with van der Waals surface area (Å²) in [7, 11) is 0. The SMILES string of the molecule is Nc1ccc(CC(=O)Nc2ccc(C(COc3ccccc3-c3cnc[nH]3)c3ncc(-c4ccccc4OCCc4ccc(NC(=O)Cc5ccccc5N)cc4)[nH]3)cc2)cc1. The molecule has 0 saturated heterocycles. The van der Waals surface area contributed by atoms with E-state index < -0.39 is 0 Å². The Morgan fingerprint density at radius 2 is 1.24 bits per heavy atom. The standard InChI is InChI=1S/C50H46N8O4/c51-37-19-13-34(14-20-37)27-48(59)56-39-23-17-35(18-24-39)42(31-62-47-12-6-2-8-40(47)44-29-53-32-55-44)50-54-30-45(58-50)41-9-3-5-11-46(41)61-26-25-33-15-21-38(22-16-33)57-49(60)28-36-7-1-4-10-43(36)52/h1-24,29-30,32,42H,25-28,31,51-52H2,(H,53,55)(H,54,58)(H,56,59)(H,57,60). The van der Waals surface area contributed by atoms with Crippen LogP contribution in [0.25, 0.3) is 22.5 Å². The first-order chi connectivity index (χ1) is 30.3. The van der Waals surface area contributed by atoms with Crippen molar-refractivity contribution < 1.29 is 19.1 Å². The molecule has 12 heteroatoms. The van der Waals surface area contributed by atoms with Crippen LogP contribution in [0.15, 0.2) is 164 Å². The minimum atomic E-state index is -0.310. The van der Waals surface area contributed by atoms with E-state index in [0.717, 1.165) is 44.8 Å². The highest BCUT2D eigenvalue weighted by Gasteiger charge is 2.22. The lowest BCUT2D eigenvalue weighted by atomic mass is 9.98. The molecule has 1 atom stereocenters. The van der Waals surface area contributed by atoms with E-state index >= 15 is 0 Å². The van der Waals surface area contributed by atoms with Crippen molar-refractivity contribution in [2.45, 2.75) is 25.2 Å². The number of imidazole rings is 2. The first-order valence-electron chi connectivity index (χ1n) is 20.3. The molecule has 8 rings (SSSR count). The van der Waals surface area contributed by atoms with Crippen molar-refractivity contribution in [1.82, 2.24) is 19.9 Å². The van der Waals surface area contributed by atoms with Gasteiger partial charge < -0.3 is 41.5 Å². The van der Waals surface area contributed by atoms with Crippen LogP contribution in [0.3, 0.4) is 0 Å². The zero-order valence-electron chi connectivity index (χ0n) is 33.9. The first kappa shape index (κ1) is 40.7. The lowest BCUT2D eigenvalue weighted by molar-refractivity contribution is -0.116. The minimum Gasteiger partial charge on any atom is -0.493 e. The summed E-state index contributed by atoms with van der Waals surface area (Å²) in [4.78, 5) is 41.3. The number of benzene rings is 6. The van der Waals surface area contributed by atoms with Crippen molar-refractivity contribution in [3.63, 3.8) is 0 Å². The van der Waals surface area contributed by atoms with Crippen LogP contribution in [0.5, 0.6) is 11.5 Å². The highest BCUT2D eigenvalue weighted by molar-refractivity contribution is 5.93. The molecule has 310 valence electrons.